The normalized spacial score (nSPS) is 12.1. The van der Waals surface area contributed by atoms with E-state index in [1.165, 1.54) is 12.1 Å². The van der Waals surface area contributed by atoms with Crippen molar-refractivity contribution in [3.8, 4) is 5.75 Å². The summed E-state index contributed by atoms with van der Waals surface area (Å²) in [6, 6.07) is 12.0. The molecular formula is C20H20F3N5O2. The van der Waals surface area contributed by atoms with Gasteiger partial charge < -0.3 is 9.57 Å². The predicted molar refractivity (Wildman–Crippen MR) is 103 cm³/mol. The van der Waals surface area contributed by atoms with E-state index >= 15 is 0 Å². The van der Waals surface area contributed by atoms with Crippen molar-refractivity contribution >= 4 is 5.71 Å². The Balaban J connectivity index is 1.52. The Hall–Kier alpha value is -3.43. The van der Waals surface area contributed by atoms with Crippen LogP contribution in [0.3, 0.4) is 0 Å². The summed E-state index contributed by atoms with van der Waals surface area (Å²) in [6.45, 7) is 4.70. The maximum atomic E-state index is 12.6. The lowest BCUT2D eigenvalue weighted by Gasteiger charge is -2.08. The second-order valence-corrected chi connectivity index (χ2v) is 6.37. The van der Waals surface area contributed by atoms with E-state index in [9.17, 15) is 13.2 Å². The molecule has 1 heterocycles. The van der Waals surface area contributed by atoms with Crippen LogP contribution in [0.5, 0.6) is 5.75 Å². The monoisotopic (exact) mass is 419 g/mol. The largest absolute Gasteiger partial charge is 0.486 e. The molecule has 7 nitrogen and oxygen atoms in total. The quantitative estimate of drug-likeness (QED) is 0.404. The molecule has 158 valence electrons. The zero-order chi connectivity index (χ0) is 21.6. The van der Waals surface area contributed by atoms with Gasteiger partial charge in [-0.25, -0.2) is 4.68 Å². The van der Waals surface area contributed by atoms with Crippen LogP contribution in [0.25, 0.3) is 0 Å². The number of rotatable bonds is 8. The van der Waals surface area contributed by atoms with Crippen LogP contribution in [0.1, 0.15) is 36.4 Å². The molecule has 0 N–H and O–H groups in total. The van der Waals surface area contributed by atoms with E-state index in [2.05, 4.69) is 20.7 Å². The van der Waals surface area contributed by atoms with Gasteiger partial charge in [0.25, 0.3) is 0 Å². The van der Waals surface area contributed by atoms with Gasteiger partial charge in [-0.05, 0) is 71.8 Å². The van der Waals surface area contributed by atoms with Crippen molar-refractivity contribution in [2.24, 2.45) is 5.16 Å². The average molecular weight is 419 g/mol. The first kappa shape index (κ1) is 21.3. The molecule has 0 atom stereocenters. The SMILES string of the molecule is CCn1nnnc1COc1ccc(C(C)=NOCc2ccc(C(F)(F)F)cc2)cc1. The van der Waals surface area contributed by atoms with Gasteiger partial charge in [-0.3, -0.25) is 0 Å². The first-order valence-electron chi connectivity index (χ1n) is 9.17. The minimum absolute atomic E-state index is 0.0722. The van der Waals surface area contributed by atoms with Gasteiger partial charge in [0.05, 0.1) is 11.3 Å². The Bertz CT molecular complexity index is 983. The minimum atomic E-state index is -4.35. The molecule has 0 aliphatic rings. The van der Waals surface area contributed by atoms with Gasteiger partial charge in [-0.2, -0.15) is 13.2 Å². The lowest BCUT2D eigenvalue weighted by Crippen LogP contribution is -2.07. The van der Waals surface area contributed by atoms with Gasteiger partial charge in [0.2, 0.25) is 0 Å². The number of ether oxygens (including phenoxy) is 1. The molecule has 0 aliphatic carbocycles. The zero-order valence-corrected chi connectivity index (χ0v) is 16.4. The van der Waals surface area contributed by atoms with Gasteiger partial charge in [0.15, 0.2) is 5.82 Å². The van der Waals surface area contributed by atoms with Crippen molar-refractivity contribution in [3.05, 3.63) is 71.0 Å². The maximum absolute atomic E-state index is 12.6. The van der Waals surface area contributed by atoms with Crippen LogP contribution in [0.2, 0.25) is 0 Å². The van der Waals surface area contributed by atoms with Crippen LogP contribution in [0, 0.1) is 0 Å². The van der Waals surface area contributed by atoms with Gasteiger partial charge in [0.1, 0.15) is 19.0 Å². The number of aromatic nitrogens is 4. The van der Waals surface area contributed by atoms with E-state index < -0.39 is 11.7 Å². The van der Waals surface area contributed by atoms with Crippen LogP contribution in [0.4, 0.5) is 13.2 Å². The Morgan fingerprint density at radius 2 is 1.73 bits per heavy atom. The summed E-state index contributed by atoms with van der Waals surface area (Å²) in [5.74, 6) is 1.29. The molecule has 0 amide bonds. The van der Waals surface area contributed by atoms with E-state index in [1.807, 2.05) is 19.1 Å². The second kappa shape index (κ2) is 9.38. The molecule has 3 rings (SSSR count). The van der Waals surface area contributed by atoms with Crippen molar-refractivity contribution in [3.63, 3.8) is 0 Å². The first-order chi connectivity index (χ1) is 14.4. The molecule has 30 heavy (non-hydrogen) atoms. The van der Waals surface area contributed by atoms with E-state index in [0.717, 1.165) is 17.7 Å². The highest BCUT2D eigenvalue weighted by Crippen LogP contribution is 2.29. The van der Waals surface area contributed by atoms with Crippen LogP contribution >= 0.6 is 0 Å². The lowest BCUT2D eigenvalue weighted by molar-refractivity contribution is -0.137. The van der Waals surface area contributed by atoms with Gasteiger partial charge in [0, 0.05) is 6.54 Å². The Kier molecular flexibility index (Phi) is 6.65. The number of nitrogens with zero attached hydrogens (tertiary/aromatic N) is 5. The molecule has 3 aromatic rings. The van der Waals surface area contributed by atoms with E-state index in [-0.39, 0.29) is 13.2 Å². The van der Waals surface area contributed by atoms with Crippen LogP contribution in [-0.2, 0) is 30.8 Å². The fraction of sp³-hybridized carbons (Fsp3) is 0.300. The molecule has 1 aromatic heterocycles. The fourth-order valence-electron chi connectivity index (χ4n) is 2.56. The molecule has 0 saturated carbocycles. The van der Waals surface area contributed by atoms with Crippen molar-refractivity contribution in [2.45, 2.75) is 39.8 Å². The zero-order valence-electron chi connectivity index (χ0n) is 16.4. The van der Waals surface area contributed by atoms with E-state index in [4.69, 9.17) is 9.57 Å². The minimum Gasteiger partial charge on any atom is -0.486 e. The van der Waals surface area contributed by atoms with Gasteiger partial charge in [-0.15, -0.1) is 5.10 Å². The number of oxime groups is 1. The summed E-state index contributed by atoms with van der Waals surface area (Å²) < 4.78 is 45.1. The summed E-state index contributed by atoms with van der Waals surface area (Å²) in [4.78, 5) is 5.26. The number of hydrogen-bond donors (Lipinski definition) is 0. The van der Waals surface area contributed by atoms with Gasteiger partial charge in [-0.1, -0.05) is 17.3 Å². The summed E-state index contributed by atoms with van der Waals surface area (Å²) in [5.41, 5.74) is 1.36. The summed E-state index contributed by atoms with van der Waals surface area (Å²) in [7, 11) is 0. The van der Waals surface area contributed by atoms with Crippen molar-refractivity contribution in [2.75, 3.05) is 0 Å². The number of hydrogen-bond acceptors (Lipinski definition) is 6. The Labute approximate surface area is 171 Å². The second-order valence-electron chi connectivity index (χ2n) is 6.37. The van der Waals surface area contributed by atoms with Crippen LogP contribution in [-0.4, -0.2) is 25.9 Å². The van der Waals surface area contributed by atoms with Crippen LogP contribution in [0.15, 0.2) is 53.7 Å². The summed E-state index contributed by atoms with van der Waals surface area (Å²) >= 11 is 0. The van der Waals surface area contributed by atoms with Crippen molar-refractivity contribution in [1.82, 2.24) is 20.2 Å². The lowest BCUT2D eigenvalue weighted by atomic mass is 10.1. The average Bonchev–Trinajstić information content (AvgIpc) is 3.20. The van der Waals surface area contributed by atoms with Crippen molar-refractivity contribution < 1.29 is 22.7 Å². The first-order valence-corrected chi connectivity index (χ1v) is 9.17. The highest BCUT2D eigenvalue weighted by atomic mass is 19.4. The number of alkyl halides is 3. The van der Waals surface area contributed by atoms with Gasteiger partial charge >= 0.3 is 6.18 Å². The summed E-state index contributed by atoms with van der Waals surface area (Å²) in [6.07, 6.45) is -4.35. The number of aryl methyl sites for hydroxylation is 1. The summed E-state index contributed by atoms with van der Waals surface area (Å²) in [5, 5.41) is 15.4. The Morgan fingerprint density at radius 3 is 2.37 bits per heavy atom. The molecule has 0 spiro atoms. The van der Waals surface area contributed by atoms with E-state index in [0.29, 0.717) is 29.4 Å². The number of halogens is 3. The Morgan fingerprint density at radius 1 is 1.03 bits per heavy atom. The molecule has 0 bridgehead atoms. The smallest absolute Gasteiger partial charge is 0.416 e. The highest BCUT2D eigenvalue weighted by molar-refractivity contribution is 5.98. The third-order valence-corrected chi connectivity index (χ3v) is 4.26. The fourth-order valence-corrected chi connectivity index (χ4v) is 2.56. The molecule has 10 heteroatoms. The number of tetrazole rings is 1. The molecule has 0 radical (unpaired) electrons. The third kappa shape index (κ3) is 5.56. The molecular weight excluding hydrogens is 399 g/mol. The predicted octanol–water partition coefficient (Wildman–Crippen LogP) is 4.23. The topological polar surface area (TPSA) is 74.4 Å². The van der Waals surface area contributed by atoms with Crippen molar-refractivity contribution in [1.29, 1.82) is 0 Å². The standard InChI is InChI=1S/C20H20F3N5O2/c1-3-28-19(24-26-27-28)13-29-18-10-6-16(7-11-18)14(2)25-30-12-15-4-8-17(9-5-15)20(21,22)23/h4-11H,3,12-13H2,1-2H3. The third-order valence-electron chi connectivity index (χ3n) is 4.26. The molecule has 0 unspecified atom stereocenters. The van der Waals surface area contributed by atoms with Crippen LogP contribution < -0.4 is 4.74 Å². The molecule has 0 saturated heterocycles. The number of benzene rings is 2. The molecule has 0 fully saturated rings. The van der Waals surface area contributed by atoms with E-state index in [1.54, 1.807) is 23.7 Å². The molecule has 2 aromatic carbocycles. The maximum Gasteiger partial charge on any atom is 0.416 e. The highest BCUT2D eigenvalue weighted by Gasteiger charge is 2.29. The molecule has 0 aliphatic heterocycles.